The van der Waals surface area contributed by atoms with E-state index in [-0.39, 0.29) is 11.5 Å². The summed E-state index contributed by atoms with van der Waals surface area (Å²) in [6.45, 7) is 9.80. The third kappa shape index (κ3) is 5.68. The van der Waals surface area contributed by atoms with Crippen molar-refractivity contribution in [1.82, 2.24) is 10.3 Å². The highest BCUT2D eigenvalue weighted by Crippen LogP contribution is 2.33. The average molecular weight is 388 g/mol. The molecule has 0 spiro atoms. The minimum Gasteiger partial charge on any atom is -0.378 e. The topological polar surface area (TPSA) is 46.2 Å². The zero-order chi connectivity index (χ0) is 19.3. The summed E-state index contributed by atoms with van der Waals surface area (Å²) in [6, 6.07) is 8.21. The molecule has 0 fully saturated rings. The van der Waals surface area contributed by atoms with E-state index < -0.39 is 0 Å². The number of rotatable bonds is 6. The van der Waals surface area contributed by atoms with Gasteiger partial charge in [-0.25, -0.2) is 0 Å². The largest absolute Gasteiger partial charge is 0.378 e. The number of anilines is 1. The van der Waals surface area contributed by atoms with Gasteiger partial charge in [0.2, 0.25) is 0 Å². The van der Waals surface area contributed by atoms with Crippen LogP contribution in [0.3, 0.4) is 0 Å². The molecule has 0 saturated carbocycles. The van der Waals surface area contributed by atoms with Crippen molar-refractivity contribution < 1.29 is 4.74 Å². The Balaban J connectivity index is 1.86. The molecule has 0 bridgehead atoms. The summed E-state index contributed by atoms with van der Waals surface area (Å²) in [6.07, 6.45) is 5.69. The van der Waals surface area contributed by atoms with Crippen LogP contribution in [0.1, 0.15) is 43.5 Å². The van der Waals surface area contributed by atoms with Gasteiger partial charge in [0.25, 0.3) is 0 Å². The van der Waals surface area contributed by atoms with Crippen molar-refractivity contribution in [3.05, 3.63) is 58.4 Å². The predicted octanol–water partition coefficient (Wildman–Crippen LogP) is 4.64. The lowest BCUT2D eigenvalue weighted by Gasteiger charge is -2.26. The normalized spacial score (nSPS) is 15.7. The smallest absolute Gasteiger partial charge is 0.0763 e. The maximum absolute atomic E-state index is 6.61. The number of nitrogens with zero attached hydrogens (tertiary/aromatic N) is 1. The van der Waals surface area contributed by atoms with Gasteiger partial charge >= 0.3 is 0 Å². The molecule has 2 N–H and O–H groups in total. The number of fused-ring (bicyclic) bond motifs is 1. The van der Waals surface area contributed by atoms with Crippen LogP contribution < -0.4 is 10.6 Å². The lowest BCUT2D eigenvalue weighted by atomic mass is 9.98. The van der Waals surface area contributed by atoms with E-state index in [2.05, 4.69) is 48.5 Å². The SMILES string of the molecule is CC(C)(C)COCC(Nc1c(Cl)ccc2c1CCNCC2)c1cccnc1. The van der Waals surface area contributed by atoms with Crippen LogP contribution in [0.15, 0.2) is 36.7 Å². The Morgan fingerprint density at radius 1 is 1.22 bits per heavy atom. The molecule has 1 aromatic heterocycles. The Labute approximate surface area is 167 Å². The van der Waals surface area contributed by atoms with Gasteiger partial charge in [0.1, 0.15) is 0 Å². The van der Waals surface area contributed by atoms with E-state index in [4.69, 9.17) is 16.3 Å². The van der Waals surface area contributed by atoms with Crippen LogP contribution in [0.25, 0.3) is 0 Å². The van der Waals surface area contributed by atoms with Gasteiger partial charge in [0.05, 0.1) is 30.0 Å². The summed E-state index contributed by atoms with van der Waals surface area (Å²) >= 11 is 6.61. The number of ether oxygens (including phenoxy) is 1. The van der Waals surface area contributed by atoms with E-state index in [0.717, 1.165) is 42.2 Å². The van der Waals surface area contributed by atoms with Gasteiger partial charge in [0.15, 0.2) is 0 Å². The molecule has 0 amide bonds. The molecule has 1 aliphatic heterocycles. The number of pyridine rings is 1. The second-order valence-electron chi connectivity index (χ2n) is 8.37. The standard InChI is InChI=1S/C22H30ClN3O/c1-22(2,3)15-27-14-20(17-5-4-10-25-13-17)26-21-18-9-12-24-11-8-16(18)6-7-19(21)23/h4-7,10,13,20,24,26H,8-9,11-12,14-15H2,1-3H3. The number of aromatic nitrogens is 1. The lowest BCUT2D eigenvalue weighted by Crippen LogP contribution is -2.23. The fourth-order valence-corrected chi connectivity index (χ4v) is 3.59. The van der Waals surface area contributed by atoms with Crippen molar-refractivity contribution in [1.29, 1.82) is 0 Å². The first-order valence-corrected chi connectivity index (χ1v) is 10.1. The van der Waals surface area contributed by atoms with E-state index in [9.17, 15) is 0 Å². The van der Waals surface area contributed by atoms with Gasteiger partial charge in [-0.15, -0.1) is 0 Å². The van der Waals surface area contributed by atoms with Gasteiger partial charge in [0, 0.05) is 12.4 Å². The summed E-state index contributed by atoms with van der Waals surface area (Å²) in [4.78, 5) is 4.29. The van der Waals surface area contributed by atoms with Crippen molar-refractivity contribution in [2.24, 2.45) is 5.41 Å². The molecule has 3 rings (SSSR count). The average Bonchev–Trinajstić information content (AvgIpc) is 2.88. The van der Waals surface area contributed by atoms with Gasteiger partial charge in [-0.3, -0.25) is 4.98 Å². The zero-order valence-electron chi connectivity index (χ0n) is 16.5. The first-order chi connectivity index (χ1) is 12.9. The highest BCUT2D eigenvalue weighted by molar-refractivity contribution is 6.33. The molecule has 2 aromatic rings. The zero-order valence-corrected chi connectivity index (χ0v) is 17.3. The maximum Gasteiger partial charge on any atom is 0.0763 e. The molecule has 1 aromatic carbocycles. The number of nitrogens with one attached hydrogen (secondary N) is 2. The molecule has 5 heteroatoms. The van der Waals surface area contributed by atoms with Crippen LogP contribution in [0.2, 0.25) is 5.02 Å². The van der Waals surface area contributed by atoms with Crippen LogP contribution in [-0.4, -0.2) is 31.3 Å². The van der Waals surface area contributed by atoms with Gasteiger partial charge in [-0.2, -0.15) is 0 Å². The Hall–Kier alpha value is -1.62. The molecular weight excluding hydrogens is 358 g/mol. The number of benzene rings is 1. The van der Waals surface area contributed by atoms with Gasteiger partial charge in [-0.05, 0) is 60.2 Å². The summed E-state index contributed by atoms with van der Waals surface area (Å²) in [5.74, 6) is 0. The van der Waals surface area contributed by atoms with E-state index in [0.29, 0.717) is 13.2 Å². The van der Waals surface area contributed by atoms with Crippen molar-refractivity contribution >= 4 is 17.3 Å². The number of hydrogen-bond donors (Lipinski definition) is 2. The first kappa shape index (κ1) is 20.1. The highest BCUT2D eigenvalue weighted by atomic mass is 35.5. The van der Waals surface area contributed by atoms with E-state index in [1.165, 1.54) is 11.1 Å². The fourth-order valence-electron chi connectivity index (χ4n) is 3.36. The predicted molar refractivity (Wildman–Crippen MR) is 113 cm³/mol. The van der Waals surface area contributed by atoms with Crippen LogP contribution in [0, 0.1) is 5.41 Å². The molecule has 1 unspecified atom stereocenters. The van der Waals surface area contributed by atoms with Gasteiger partial charge in [-0.1, -0.05) is 44.5 Å². The van der Waals surface area contributed by atoms with Crippen LogP contribution in [-0.2, 0) is 17.6 Å². The quantitative estimate of drug-likeness (QED) is 0.758. The van der Waals surface area contributed by atoms with Crippen molar-refractivity contribution in [2.45, 2.75) is 39.7 Å². The van der Waals surface area contributed by atoms with Crippen LogP contribution >= 0.6 is 11.6 Å². The highest BCUT2D eigenvalue weighted by Gasteiger charge is 2.20. The fraction of sp³-hybridized carbons (Fsp3) is 0.500. The molecule has 146 valence electrons. The Morgan fingerprint density at radius 3 is 2.78 bits per heavy atom. The van der Waals surface area contributed by atoms with Crippen LogP contribution in [0.4, 0.5) is 5.69 Å². The summed E-state index contributed by atoms with van der Waals surface area (Å²) < 4.78 is 6.05. The second kappa shape index (κ2) is 9.05. The molecule has 0 aliphatic carbocycles. The molecule has 1 aliphatic rings. The first-order valence-electron chi connectivity index (χ1n) is 9.69. The summed E-state index contributed by atoms with van der Waals surface area (Å²) in [5.41, 5.74) is 4.95. The molecule has 0 radical (unpaired) electrons. The summed E-state index contributed by atoms with van der Waals surface area (Å²) in [5, 5.41) is 7.92. The minimum absolute atomic E-state index is 0.00117. The number of halogens is 1. The third-order valence-electron chi connectivity index (χ3n) is 4.71. The molecule has 1 atom stereocenters. The van der Waals surface area contributed by atoms with E-state index in [1.807, 2.05) is 18.3 Å². The molecule has 27 heavy (non-hydrogen) atoms. The van der Waals surface area contributed by atoms with E-state index >= 15 is 0 Å². The van der Waals surface area contributed by atoms with Crippen molar-refractivity contribution in [3.8, 4) is 0 Å². The van der Waals surface area contributed by atoms with Crippen molar-refractivity contribution in [2.75, 3.05) is 31.6 Å². The van der Waals surface area contributed by atoms with Crippen molar-refractivity contribution in [3.63, 3.8) is 0 Å². The Morgan fingerprint density at radius 2 is 2.04 bits per heavy atom. The second-order valence-corrected chi connectivity index (χ2v) is 8.78. The monoisotopic (exact) mass is 387 g/mol. The summed E-state index contributed by atoms with van der Waals surface area (Å²) in [7, 11) is 0. The molecular formula is C22H30ClN3O. The Kier molecular flexibility index (Phi) is 6.74. The third-order valence-corrected chi connectivity index (χ3v) is 5.02. The lowest BCUT2D eigenvalue weighted by molar-refractivity contribution is 0.0651. The van der Waals surface area contributed by atoms with Gasteiger partial charge < -0.3 is 15.4 Å². The van der Waals surface area contributed by atoms with Crippen LogP contribution in [0.5, 0.6) is 0 Å². The number of hydrogen-bond acceptors (Lipinski definition) is 4. The molecule has 4 nitrogen and oxygen atoms in total. The minimum atomic E-state index is 0.00117. The molecule has 0 saturated heterocycles. The maximum atomic E-state index is 6.61. The van der Waals surface area contributed by atoms with E-state index in [1.54, 1.807) is 6.20 Å². The Bertz CT molecular complexity index is 743. The molecule has 2 heterocycles.